The van der Waals surface area contributed by atoms with Gasteiger partial charge in [0.1, 0.15) is 12.4 Å². The Balaban J connectivity index is 0.00000288. The Kier molecular flexibility index (Phi) is 8.82. The van der Waals surface area contributed by atoms with E-state index in [0.717, 1.165) is 15.8 Å². The Morgan fingerprint density at radius 1 is 1.21 bits per heavy atom. The summed E-state index contributed by atoms with van der Waals surface area (Å²) in [5.74, 6) is 0.990. The van der Waals surface area contributed by atoms with E-state index in [-0.39, 0.29) is 24.2 Å². The van der Waals surface area contributed by atoms with E-state index in [1.807, 2.05) is 43.3 Å². The molecule has 3 N–H and O–H groups in total. The zero-order valence-electron chi connectivity index (χ0n) is 13.5. The van der Waals surface area contributed by atoms with Crippen LogP contribution in [0.3, 0.4) is 0 Å². The predicted molar refractivity (Wildman–Crippen MR) is 103 cm³/mol. The Bertz CT molecular complexity index is 650. The van der Waals surface area contributed by atoms with Gasteiger partial charge in [0.05, 0.1) is 4.47 Å². The number of hydrogen-bond acceptors (Lipinski definition) is 3. The Morgan fingerprint density at radius 3 is 2.50 bits per heavy atom. The van der Waals surface area contributed by atoms with Crippen LogP contribution in [0.1, 0.15) is 22.8 Å². The molecule has 2 aromatic carbocycles. The van der Waals surface area contributed by atoms with Crippen LogP contribution < -0.4 is 15.8 Å². The third-order valence-corrected chi connectivity index (χ3v) is 4.12. The lowest BCUT2D eigenvalue weighted by Crippen LogP contribution is -2.31. The highest BCUT2D eigenvalue weighted by molar-refractivity contribution is 9.10. The molecule has 1 atom stereocenters. The van der Waals surface area contributed by atoms with E-state index < -0.39 is 0 Å². The molecule has 2 aromatic rings. The molecule has 0 radical (unpaired) electrons. The molecule has 1 amide bonds. The van der Waals surface area contributed by atoms with Gasteiger partial charge in [0.2, 0.25) is 0 Å². The minimum atomic E-state index is -0.0800. The summed E-state index contributed by atoms with van der Waals surface area (Å²) in [5, 5.41) is 2.88. The van der Waals surface area contributed by atoms with Crippen LogP contribution in [0.15, 0.2) is 53.0 Å². The summed E-state index contributed by atoms with van der Waals surface area (Å²) >= 11 is 3.45. The van der Waals surface area contributed by atoms with Gasteiger partial charge in [0.25, 0.3) is 5.91 Å². The van der Waals surface area contributed by atoms with Gasteiger partial charge >= 0.3 is 0 Å². The third kappa shape index (κ3) is 6.15. The Hall–Kier alpha value is -1.56. The number of nitrogens with one attached hydrogen (secondary N) is 1. The normalized spacial score (nSPS) is 11.3. The second-order valence-electron chi connectivity index (χ2n) is 5.47. The second-order valence-corrected chi connectivity index (χ2v) is 6.32. The number of benzene rings is 2. The molecule has 24 heavy (non-hydrogen) atoms. The quantitative estimate of drug-likeness (QED) is 0.726. The molecule has 0 saturated heterocycles. The van der Waals surface area contributed by atoms with E-state index in [9.17, 15) is 4.79 Å². The maximum absolute atomic E-state index is 12.0. The topological polar surface area (TPSA) is 64.3 Å². The lowest BCUT2D eigenvalue weighted by molar-refractivity contribution is 0.0948. The molecule has 0 aromatic heterocycles. The lowest BCUT2D eigenvalue weighted by atomic mass is 10.1. The van der Waals surface area contributed by atoms with Crippen LogP contribution in [-0.4, -0.2) is 19.0 Å². The van der Waals surface area contributed by atoms with Gasteiger partial charge in [-0.2, -0.15) is 0 Å². The summed E-state index contributed by atoms with van der Waals surface area (Å²) < 4.78 is 6.68. The first-order valence-electron chi connectivity index (χ1n) is 7.54. The minimum absolute atomic E-state index is 0. The number of halogens is 2. The van der Waals surface area contributed by atoms with Crippen LogP contribution in [0.25, 0.3) is 0 Å². The monoisotopic (exact) mass is 412 g/mol. The van der Waals surface area contributed by atoms with Crippen LogP contribution in [0, 0.1) is 5.92 Å². The SMILES string of the molecule is CC(CN)CNC(=O)c1ccc(COc2ccccc2Br)cc1.Cl. The number of nitrogens with two attached hydrogens (primary N) is 1. The summed E-state index contributed by atoms with van der Waals surface area (Å²) in [6, 6.07) is 15.1. The van der Waals surface area contributed by atoms with Crippen molar-refractivity contribution in [1.82, 2.24) is 5.32 Å². The molecular formula is C18H22BrClN2O2. The maximum atomic E-state index is 12.0. The van der Waals surface area contributed by atoms with Gasteiger partial charge in [0.15, 0.2) is 0 Å². The molecule has 0 bridgehead atoms. The van der Waals surface area contributed by atoms with Gasteiger partial charge in [-0.25, -0.2) is 0 Å². The zero-order valence-corrected chi connectivity index (χ0v) is 15.9. The molecule has 0 fully saturated rings. The van der Waals surface area contributed by atoms with Gasteiger partial charge in [-0.15, -0.1) is 12.4 Å². The first kappa shape index (κ1) is 20.5. The van der Waals surface area contributed by atoms with Gasteiger partial charge in [0, 0.05) is 12.1 Å². The van der Waals surface area contributed by atoms with Crippen molar-refractivity contribution in [3.05, 3.63) is 64.1 Å². The van der Waals surface area contributed by atoms with E-state index in [1.165, 1.54) is 0 Å². The first-order chi connectivity index (χ1) is 11.1. The van der Waals surface area contributed by atoms with E-state index in [2.05, 4.69) is 21.2 Å². The summed E-state index contributed by atoms with van der Waals surface area (Å²) in [4.78, 5) is 12.0. The van der Waals surface area contributed by atoms with Gasteiger partial charge in [-0.3, -0.25) is 4.79 Å². The number of amides is 1. The van der Waals surface area contributed by atoms with Crippen molar-refractivity contribution in [2.75, 3.05) is 13.1 Å². The number of rotatable bonds is 7. The molecule has 2 rings (SSSR count). The fraction of sp³-hybridized carbons (Fsp3) is 0.278. The maximum Gasteiger partial charge on any atom is 0.251 e. The minimum Gasteiger partial charge on any atom is -0.488 e. The average Bonchev–Trinajstić information content (AvgIpc) is 2.59. The highest BCUT2D eigenvalue weighted by Gasteiger charge is 2.07. The van der Waals surface area contributed by atoms with Crippen LogP contribution in [0.5, 0.6) is 5.75 Å². The molecule has 0 saturated carbocycles. The van der Waals surface area contributed by atoms with E-state index >= 15 is 0 Å². The number of ether oxygens (including phenoxy) is 1. The predicted octanol–water partition coefficient (Wildman–Crippen LogP) is 3.77. The third-order valence-electron chi connectivity index (χ3n) is 3.46. The van der Waals surface area contributed by atoms with Crippen LogP contribution >= 0.6 is 28.3 Å². The number of hydrogen-bond donors (Lipinski definition) is 2. The fourth-order valence-electron chi connectivity index (χ4n) is 1.93. The van der Waals surface area contributed by atoms with E-state index in [0.29, 0.717) is 25.3 Å². The zero-order chi connectivity index (χ0) is 16.7. The van der Waals surface area contributed by atoms with Crippen LogP contribution in [0.2, 0.25) is 0 Å². The molecular weight excluding hydrogens is 392 g/mol. The van der Waals surface area contributed by atoms with Crippen molar-refractivity contribution in [3.63, 3.8) is 0 Å². The molecule has 0 spiro atoms. The molecule has 6 heteroatoms. The molecule has 0 aliphatic heterocycles. The van der Waals surface area contributed by atoms with Crippen molar-refractivity contribution in [2.45, 2.75) is 13.5 Å². The number of carbonyl (C=O) groups excluding carboxylic acids is 1. The molecule has 0 aliphatic rings. The fourth-order valence-corrected chi connectivity index (χ4v) is 2.33. The van der Waals surface area contributed by atoms with Gasteiger partial charge < -0.3 is 15.8 Å². The molecule has 4 nitrogen and oxygen atoms in total. The van der Waals surface area contributed by atoms with Gasteiger partial charge in [-0.1, -0.05) is 31.2 Å². The van der Waals surface area contributed by atoms with Crippen molar-refractivity contribution >= 4 is 34.2 Å². The highest BCUT2D eigenvalue weighted by atomic mass is 79.9. The number of para-hydroxylation sites is 1. The van der Waals surface area contributed by atoms with Crippen LogP contribution in [0.4, 0.5) is 0 Å². The second kappa shape index (κ2) is 10.3. The average molecular weight is 414 g/mol. The standard InChI is InChI=1S/C18H21BrN2O2.ClH/c1-13(10-20)11-21-18(22)15-8-6-14(7-9-15)12-23-17-5-3-2-4-16(17)19;/h2-9,13H,10-12,20H2,1H3,(H,21,22);1H. The van der Waals surface area contributed by atoms with E-state index in [4.69, 9.17) is 10.5 Å². The summed E-state index contributed by atoms with van der Waals surface area (Å²) in [7, 11) is 0. The lowest BCUT2D eigenvalue weighted by Gasteiger charge is -2.11. The molecule has 1 unspecified atom stereocenters. The molecule has 0 aliphatic carbocycles. The van der Waals surface area contributed by atoms with Gasteiger partial charge in [-0.05, 0) is 58.2 Å². The summed E-state index contributed by atoms with van der Waals surface area (Å²) in [6.07, 6.45) is 0. The van der Waals surface area contributed by atoms with E-state index in [1.54, 1.807) is 12.1 Å². The van der Waals surface area contributed by atoms with Crippen molar-refractivity contribution in [2.24, 2.45) is 11.7 Å². The van der Waals surface area contributed by atoms with Crippen molar-refractivity contribution in [1.29, 1.82) is 0 Å². The Labute approximate surface area is 157 Å². The van der Waals surface area contributed by atoms with Crippen LogP contribution in [-0.2, 0) is 6.61 Å². The summed E-state index contributed by atoms with van der Waals surface area (Å²) in [5.41, 5.74) is 7.19. The first-order valence-corrected chi connectivity index (χ1v) is 8.34. The molecule has 0 heterocycles. The highest BCUT2D eigenvalue weighted by Crippen LogP contribution is 2.24. The largest absolute Gasteiger partial charge is 0.488 e. The van der Waals surface area contributed by atoms with Crippen molar-refractivity contribution < 1.29 is 9.53 Å². The molecule has 130 valence electrons. The smallest absolute Gasteiger partial charge is 0.251 e. The van der Waals surface area contributed by atoms with Crippen molar-refractivity contribution in [3.8, 4) is 5.75 Å². The summed E-state index contributed by atoms with van der Waals surface area (Å²) in [6.45, 7) is 3.60. The number of carbonyl (C=O) groups is 1. The Morgan fingerprint density at radius 2 is 1.88 bits per heavy atom.